The quantitative estimate of drug-likeness (QED) is 0.180. The lowest BCUT2D eigenvalue weighted by molar-refractivity contribution is -0.0906. The van der Waals surface area contributed by atoms with Crippen LogP contribution in [0.25, 0.3) is 0 Å². The van der Waals surface area contributed by atoms with Gasteiger partial charge < -0.3 is 48.8 Å². The molecule has 0 heterocycles. The highest BCUT2D eigenvalue weighted by molar-refractivity contribution is 5.96. The lowest BCUT2D eigenvalue weighted by Crippen LogP contribution is -2.14. The van der Waals surface area contributed by atoms with Crippen LogP contribution < -0.4 is 0 Å². The molecule has 0 radical (unpaired) electrons. The summed E-state index contributed by atoms with van der Waals surface area (Å²) >= 11 is 0. The van der Waals surface area contributed by atoms with E-state index in [4.69, 9.17) is 29.2 Å². The molecule has 170 valence electrons. The molecule has 0 amide bonds. The SMILES string of the molecule is O=C(O)c1cc(C(=O)O)c(COCOCCOCO)cc1COCOCCOCO. The molecule has 1 aromatic rings. The highest BCUT2D eigenvalue weighted by Gasteiger charge is 2.19. The Kier molecular flexibility index (Phi) is 13.5. The van der Waals surface area contributed by atoms with Crippen LogP contribution in [0.4, 0.5) is 0 Å². The van der Waals surface area contributed by atoms with Gasteiger partial charge in [-0.3, -0.25) is 0 Å². The minimum Gasteiger partial charge on any atom is -0.478 e. The summed E-state index contributed by atoms with van der Waals surface area (Å²) in [6.07, 6.45) is 0. The maximum Gasteiger partial charge on any atom is 0.336 e. The van der Waals surface area contributed by atoms with Crippen molar-refractivity contribution in [1.29, 1.82) is 0 Å². The van der Waals surface area contributed by atoms with Gasteiger partial charge in [0, 0.05) is 0 Å². The molecule has 0 aliphatic heterocycles. The number of aromatic carboxylic acids is 2. The lowest BCUT2D eigenvalue weighted by Gasteiger charge is -2.14. The van der Waals surface area contributed by atoms with E-state index in [0.29, 0.717) is 0 Å². The molecule has 12 nitrogen and oxygen atoms in total. The summed E-state index contributed by atoms with van der Waals surface area (Å²) in [4.78, 5) is 23.0. The first-order chi connectivity index (χ1) is 14.5. The Morgan fingerprint density at radius 3 is 1.40 bits per heavy atom. The van der Waals surface area contributed by atoms with E-state index in [1.165, 1.54) is 6.07 Å². The molecular formula is C18H26O12. The van der Waals surface area contributed by atoms with Gasteiger partial charge in [0.15, 0.2) is 0 Å². The second-order valence-electron chi connectivity index (χ2n) is 5.60. The van der Waals surface area contributed by atoms with Crippen molar-refractivity contribution in [2.24, 2.45) is 0 Å². The third-order valence-electron chi connectivity index (χ3n) is 3.56. The summed E-state index contributed by atoms with van der Waals surface area (Å²) in [5, 5.41) is 35.7. The van der Waals surface area contributed by atoms with Crippen LogP contribution in [0.2, 0.25) is 0 Å². The van der Waals surface area contributed by atoms with Crippen LogP contribution in [0.5, 0.6) is 0 Å². The van der Waals surface area contributed by atoms with Crippen molar-refractivity contribution < 1.29 is 58.4 Å². The van der Waals surface area contributed by atoms with Crippen LogP contribution in [0.15, 0.2) is 12.1 Å². The Morgan fingerprint density at radius 1 is 0.633 bits per heavy atom. The van der Waals surface area contributed by atoms with Gasteiger partial charge in [-0.25, -0.2) is 9.59 Å². The van der Waals surface area contributed by atoms with E-state index in [9.17, 15) is 19.8 Å². The molecule has 0 bridgehead atoms. The fourth-order valence-corrected chi connectivity index (χ4v) is 2.24. The maximum atomic E-state index is 11.5. The van der Waals surface area contributed by atoms with E-state index in [1.807, 2.05) is 0 Å². The first-order valence-electron chi connectivity index (χ1n) is 8.81. The van der Waals surface area contributed by atoms with Gasteiger partial charge in [-0.1, -0.05) is 0 Å². The number of carboxylic acids is 2. The third kappa shape index (κ3) is 10.0. The van der Waals surface area contributed by atoms with Gasteiger partial charge in [0.05, 0.1) is 50.8 Å². The average molecular weight is 434 g/mol. The van der Waals surface area contributed by atoms with E-state index < -0.39 is 25.5 Å². The topological polar surface area (TPSA) is 170 Å². The molecule has 0 saturated heterocycles. The van der Waals surface area contributed by atoms with Crippen molar-refractivity contribution >= 4 is 11.9 Å². The van der Waals surface area contributed by atoms with Crippen LogP contribution in [0.1, 0.15) is 31.8 Å². The minimum atomic E-state index is -1.30. The second-order valence-corrected chi connectivity index (χ2v) is 5.60. The monoisotopic (exact) mass is 434 g/mol. The standard InChI is InChI=1S/C18H26O12/c19-9-25-1-3-27-11-29-7-13-5-14(8-30-12-28-4-2-26-10-20)16(18(23)24)6-15(13)17(21)22/h5-6,19-20H,1-4,7-12H2,(H,21,22)(H,23,24). The molecule has 0 spiro atoms. The maximum absolute atomic E-state index is 11.5. The molecule has 0 fully saturated rings. The van der Waals surface area contributed by atoms with Gasteiger partial charge in [-0.05, 0) is 23.3 Å². The number of aliphatic hydroxyl groups is 2. The van der Waals surface area contributed by atoms with Crippen molar-refractivity contribution in [2.45, 2.75) is 13.2 Å². The first-order valence-corrected chi connectivity index (χ1v) is 8.81. The van der Waals surface area contributed by atoms with Crippen molar-refractivity contribution in [1.82, 2.24) is 0 Å². The Hall–Kier alpha value is -2.16. The summed E-state index contributed by atoms with van der Waals surface area (Å²) in [5.74, 6) is -2.60. The lowest BCUT2D eigenvalue weighted by atomic mass is 9.99. The molecule has 0 aromatic heterocycles. The second kappa shape index (κ2) is 15.6. The fourth-order valence-electron chi connectivity index (χ4n) is 2.24. The highest BCUT2D eigenvalue weighted by Crippen LogP contribution is 2.20. The first kappa shape index (κ1) is 25.9. The fraction of sp³-hybridized carbons (Fsp3) is 0.556. The van der Waals surface area contributed by atoms with Gasteiger partial charge in [0.25, 0.3) is 0 Å². The van der Waals surface area contributed by atoms with Crippen LogP contribution in [-0.4, -0.2) is 86.0 Å². The predicted octanol–water partition coefficient (Wildman–Crippen LogP) is -0.00280. The van der Waals surface area contributed by atoms with Crippen LogP contribution >= 0.6 is 0 Å². The average Bonchev–Trinajstić information content (AvgIpc) is 2.72. The van der Waals surface area contributed by atoms with E-state index in [2.05, 4.69) is 9.47 Å². The van der Waals surface area contributed by atoms with E-state index in [-0.39, 0.29) is 75.5 Å². The van der Waals surface area contributed by atoms with Crippen molar-refractivity contribution in [3.8, 4) is 0 Å². The van der Waals surface area contributed by atoms with Gasteiger partial charge in [0.1, 0.15) is 27.2 Å². The number of hydrogen-bond acceptors (Lipinski definition) is 10. The minimum absolute atomic E-state index is 0.135. The predicted molar refractivity (Wildman–Crippen MR) is 97.7 cm³/mol. The van der Waals surface area contributed by atoms with E-state index >= 15 is 0 Å². The number of aliphatic hydroxyl groups excluding tert-OH is 2. The Balaban J connectivity index is 2.70. The Bertz CT molecular complexity index is 597. The molecule has 4 N–H and O–H groups in total. The molecule has 1 rings (SSSR count). The Morgan fingerprint density at radius 2 is 1.03 bits per heavy atom. The molecular weight excluding hydrogens is 408 g/mol. The number of carbonyl (C=O) groups is 2. The van der Waals surface area contributed by atoms with Gasteiger partial charge in [-0.2, -0.15) is 0 Å². The molecule has 0 atom stereocenters. The number of benzene rings is 1. The van der Waals surface area contributed by atoms with Crippen LogP contribution in [0.3, 0.4) is 0 Å². The summed E-state index contributed by atoms with van der Waals surface area (Å²) in [6, 6.07) is 2.44. The largest absolute Gasteiger partial charge is 0.478 e. The van der Waals surface area contributed by atoms with Crippen molar-refractivity contribution in [2.75, 3.05) is 53.6 Å². The van der Waals surface area contributed by atoms with Crippen LogP contribution in [-0.2, 0) is 41.6 Å². The van der Waals surface area contributed by atoms with Gasteiger partial charge in [0.2, 0.25) is 0 Å². The summed E-state index contributed by atoms with van der Waals surface area (Å²) in [7, 11) is 0. The summed E-state index contributed by atoms with van der Waals surface area (Å²) < 4.78 is 30.1. The number of hydrogen-bond donors (Lipinski definition) is 4. The van der Waals surface area contributed by atoms with Crippen LogP contribution in [0, 0.1) is 0 Å². The summed E-state index contributed by atoms with van der Waals surface area (Å²) in [5.41, 5.74) is 0.0754. The molecule has 0 aliphatic rings. The molecule has 12 heteroatoms. The van der Waals surface area contributed by atoms with Crippen molar-refractivity contribution in [3.05, 3.63) is 34.4 Å². The highest BCUT2D eigenvalue weighted by atomic mass is 16.7. The van der Waals surface area contributed by atoms with E-state index in [1.54, 1.807) is 0 Å². The zero-order chi connectivity index (χ0) is 22.2. The zero-order valence-corrected chi connectivity index (χ0v) is 16.3. The smallest absolute Gasteiger partial charge is 0.336 e. The molecule has 0 unspecified atom stereocenters. The molecule has 1 aromatic carbocycles. The van der Waals surface area contributed by atoms with Gasteiger partial charge >= 0.3 is 11.9 Å². The number of ether oxygens (including phenoxy) is 6. The third-order valence-corrected chi connectivity index (χ3v) is 3.56. The zero-order valence-electron chi connectivity index (χ0n) is 16.3. The van der Waals surface area contributed by atoms with Gasteiger partial charge in [-0.15, -0.1) is 0 Å². The number of carboxylic acid groups (broad SMARTS) is 2. The number of rotatable bonds is 18. The summed E-state index contributed by atoms with van der Waals surface area (Å²) in [6.45, 7) is -0.724. The normalized spacial score (nSPS) is 11.0. The Labute approximate surface area is 172 Å². The van der Waals surface area contributed by atoms with Crippen molar-refractivity contribution in [3.63, 3.8) is 0 Å². The molecule has 0 aliphatic carbocycles. The molecule has 30 heavy (non-hydrogen) atoms. The molecule has 0 saturated carbocycles. The van der Waals surface area contributed by atoms with E-state index in [0.717, 1.165) is 6.07 Å².